The molecule has 0 aliphatic carbocycles. The van der Waals surface area contributed by atoms with Crippen LogP contribution in [0, 0.1) is 5.92 Å². The summed E-state index contributed by atoms with van der Waals surface area (Å²) in [5.41, 5.74) is 1.89. The fraction of sp³-hybridized carbons (Fsp3) is 0.348. The molecule has 0 spiro atoms. The molecule has 146 valence electrons. The molecule has 0 radical (unpaired) electrons. The molecule has 2 aromatic carbocycles. The predicted molar refractivity (Wildman–Crippen MR) is 109 cm³/mol. The highest BCUT2D eigenvalue weighted by Gasteiger charge is 2.23. The van der Waals surface area contributed by atoms with Crippen LogP contribution in [0.25, 0.3) is 22.3 Å². The molecule has 1 fully saturated rings. The number of fused-ring (bicyclic) bond motifs is 1. The van der Waals surface area contributed by atoms with Gasteiger partial charge in [0, 0.05) is 11.6 Å². The zero-order valence-corrected chi connectivity index (χ0v) is 16.3. The fourth-order valence-electron chi connectivity index (χ4n) is 3.98. The van der Waals surface area contributed by atoms with Crippen LogP contribution in [0.4, 0.5) is 0 Å². The van der Waals surface area contributed by atoms with Gasteiger partial charge in [-0.15, -0.1) is 0 Å². The molecule has 2 N–H and O–H groups in total. The Bertz CT molecular complexity index is 1030. The number of phenols is 1. The Labute approximate surface area is 164 Å². The first-order chi connectivity index (χ1) is 13.5. The van der Waals surface area contributed by atoms with Gasteiger partial charge in [0.15, 0.2) is 5.43 Å². The van der Waals surface area contributed by atoms with Gasteiger partial charge < -0.3 is 19.2 Å². The highest BCUT2D eigenvalue weighted by molar-refractivity contribution is 5.84. The fourth-order valence-corrected chi connectivity index (χ4v) is 3.98. The van der Waals surface area contributed by atoms with Gasteiger partial charge in [0.2, 0.25) is 0 Å². The van der Waals surface area contributed by atoms with Gasteiger partial charge in [-0.05, 0) is 55.2 Å². The van der Waals surface area contributed by atoms with Crippen LogP contribution < -0.4 is 15.1 Å². The molecule has 5 nitrogen and oxygen atoms in total. The number of aromatic hydroxyl groups is 1. The summed E-state index contributed by atoms with van der Waals surface area (Å²) in [7, 11) is 1.62. The number of quaternary nitrogens is 1. The normalized spacial score (nSPS) is 19.6. The zero-order valence-electron chi connectivity index (χ0n) is 16.3. The second-order valence-corrected chi connectivity index (χ2v) is 7.75. The van der Waals surface area contributed by atoms with E-state index in [4.69, 9.17) is 9.15 Å². The molecule has 0 atom stereocenters. The van der Waals surface area contributed by atoms with Crippen molar-refractivity contribution in [2.75, 3.05) is 20.2 Å². The minimum absolute atomic E-state index is 0.122. The first kappa shape index (κ1) is 18.6. The highest BCUT2D eigenvalue weighted by Crippen LogP contribution is 2.29. The SMILES string of the molecule is COc1ccc(-c2cc(=O)c3c(C[NH+]4CCC(C)CC4)c(O)ccc3o2)cc1. The smallest absolute Gasteiger partial charge is 0.193 e. The Morgan fingerprint density at radius 2 is 1.86 bits per heavy atom. The summed E-state index contributed by atoms with van der Waals surface area (Å²) in [5, 5.41) is 10.9. The number of nitrogens with one attached hydrogen (secondary N) is 1. The van der Waals surface area contributed by atoms with Crippen LogP contribution in [0.1, 0.15) is 25.3 Å². The van der Waals surface area contributed by atoms with Crippen molar-refractivity contribution in [2.45, 2.75) is 26.3 Å². The third-order valence-electron chi connectivity index (χ3n) is 5.76. The molecule has 2 heterocycles. The molecule has 0 unspecified atom stereocenters. The van der Waals surface area contributed by atoms with E-state index in [1.807, 2.05) is 24.3 Å². The lowest BCUT2D eigenvalue weighted by Crippen LogP contribution is -3.11. The van der Waals surface area contributed by atoms with Crippen molar-refractivity contribution in [1.82, 2.24) is 0 Å². The number of phenolic OH excluding ortho intramolecular Hbond substituents is 1. The van der Waals surface area contributed by atoms with E-state index in [2.05, 4.69) is 6.92 Å². The zero-order chi connectivity index (χ0) is 19.7. The van der Waals surface area contributed by atoms with Gasteiger partial charge in [-0.1, -0.05) is 6.92 Å². The third-order valence-corrected chi connectivity index (χ3v) is 5.76. The number of benzene rings is 2. The van der Waals surface area contributed by atoms with Crippen LogP contribution in [0.2, 0.25) is 0 Å². The summed E-state index contributed by atoms with van der Waals surface area (Å²) < 4.78 is 11.2. The van der Waals surface area contributed by atoms with E-state index in [-0.39, 0.29) is 11.2 Å². The molecule has 0 bridgehead atoms. The van der Waals surface area contributed by atoms with Gasteiger partial charge in [-0.3, -0.25) is 4.79 Å². The molecule has 5 heteroatoms. The Kier molecular flexibility index (Phi) is 5.09. The third kappa shape index (κ3) is 3.62. The van der Waals surface area contributed by atoms with E-state index in [1.54, 1.807) is 19.2 Å². The number of ether oxygens (including phenoxy) is 1. The highest BCUT2D eigenvalue weighted by atomic mass is 16.5. The lowest BCUT2D eigenvalue weighted by molar-refractivity contribution is -0.919. The van der Waals surface area contributed by atoms with E-state index in [0.29, 0.717) is 28.8 Å². The monoisotopic (exact) mass is 380 g/mol. The topological polar surface area (TPSA) is 64.1 Å². The van der Waals surface area contributed by atoms with Gasteiger partial charge in [-0.2, -0.15) is 0 Å². The first-order valence-corrected chi connectivity index (χ1v) is 9.82. The first-order valence-electron chi connectivity index (χ1n) is 9.82. The summed E-state index contributed by atoms with van der Waals surface area (Å²) in [5.74, 6) is 2.18. The number of likely N-dealkylation sites (tertiary alicyclic amines) is 1. The molecule has 3 aromatic rings. The summed E-state index contributed by atoms with van der Waals surface area (Å²) in [4.78, 5) is 14.4. The predicted octanol–water partition coefficient (Wildman–Crippen LogP) is 2.99. The van der Waals surface area contributed by atoms with E-state index < -0.39 is 0 Å². The molecule has 1 aliphatic heterocycles. The maximum atomic E-state index is 13.0. The van der Waals surface area contributed by atoms with Crippen molar-refractivity contribution in [3.05, 3.63) is 58.3 Å². The Hall–Kier alpha value is -2.79. The molecule has 28 heavy (non-hydrogen) atoms. The van der Waals surface area contributed by atoms with Crippen molar-refractivity contribution in [3.8, 4) is 22.8 Å². The number of methoxy groups -OCH3 is 1. The van der Waals surface area contributed by atoms with E-state index in [9.17, 15) is 9.90 Å². The van der Waals surface area contributed by atoms with Crippen molar-refractivity contribution >= 4 is 11.0 Å². The Morgan fingerprint density at radius 1 is 1.14 bits per heavy atom. The van der Waals surface area contributed by atoms with Crippen LogP contribution in [0.5, 0.6) is 11.5 Å². The second-order valence-electron chi connectivity index (χ2n) is 7.75. The standard InChI is InChI=1S/C23H25NO4/c1-15-9-11-24(12-10-15)14-18-19(25)7-8-21-23(18)20(26)13-22(28-21)16-3-5-17(27-2)6-4-16/h3-8,13,15,25H,9-12,14H2,1-2H3/p+1. The molecule has 1 aliphatic rings. The van der Waals surface area contributed by atoms with Gasteiger partial charge in [0.1, 0.15) is 29.4 Å². The Balaban J connectivity index is 1.73. The summed E-state index contributed by atoms with van der Waals surface area (Å²) in [6.07, 6.45) is 2.36. The molecular formula is C23H26NO4+. The van der Waals surface area contributed by atoms with Crippen molar-refractivity contribution in [2.24, 2.45) is 5.92 Å². The maximum Gasteiger partial charge on any atom is 0.193 e. The summed E-state index contributed by atoms with van der Waals surface area (Å²) >= 11 is 0. The lowest BCUT2D eigenvalue weighted by atomic mass is 9.98. The number of hydrogen-bond donors (Lipinski definition) is 2. The van der Waals surface area contributed by atoms with Gasteiger partial charge in [0.05, 0.1) is 31.1 Å². The average molecular weight is 380 g/mol. The maximum absolute atomic E-state index is 13.0. The van der Waals surface area contributed by atoms with E-state index in [0.717, 1.165) is 30.3 Å². The number of rotatable bonds is 4. The van der Waals surface area contributed by atoms with Crippen molar-refractivity contribution < 1.29 is 19.2 Å². The van der Waals surface area contributed by atoms with Crippen LogP contribution in [-0.2, 0) is 6.54 Å². The van der Waals surface area contributed by atoms with E-state index in [1.165, 1.54) is 23.8 Å². The molecule has 0 saturated carbocycles. The number of hydrogen-bond acceptors (Lipinski definition) is 4. The van der Waals surface area contributed by atoms with Crippen molar-refractivity contribution in [1.29, 1.82) is 0 Å². The molecular weight excluding hydrogens is 354 g/mol. The van der Waals surface area contributed by atoms with Crippen molar-refractivity contribution in [3.63, 3.8) is 0 Å². The minimum atomic E-state index is -0.122. The van der Waals surface area contributed by atoms with Crippen LogP contribution in [0.3, 0.4) is 0 Å². The minimum Gasteiger partial charge on any atom is -0.507 e. The number of piperidine rings is 1. The lowest BCUT2D eigenvalue weighted by Gasteiger charge is -2.27. The van der Waals surface area contributed by atoms with Gasteiger partial charge >= 0.3 is 0 Å². The molecule has 0 amide bonds. The summed E-state index contributed by atoms with van der Waals surface area (Å²) in [6.45, 7) is 5.04. The average Bonchev–Trinajstić information content (AvgIpc) is 2.71. The quantitative estimate of drug-likeness (QED) is 0.730. The van der Waals surface area contributed by atoms with Crippen LogP contribution in [0.15, 0.2) is 51.7 Å². The molecule has 1 aromatic heterocycles. The van der Waals surface area contributed by atoms with Gasteiger partial charge in [-0.25, -0.2) is 0 Å². The van der Waals surface area contributed by atoms with Crippen LogP contribution in [-0.4, -0.2) is 25.3 Å². The van der Waals surface area contributed by atoms with E-state index >= 15 is 0 Å². The Morgan fingerprint density at radius 3 is 2.54 bits per heavy atom. The summed E-state index contributed by atoms with van der Waals surface area (Å²) in [6, 6.07) is 12.2. The molecule has 4 rings (SSSR count). The second kappa shape index (κ2) is 7.68. The van der Waals surface area contributed by atoms with Crippen LogP contribution >= 0.6 is 0 Å². The van der Waals surface area contributed by atoms with Gasteiger partial charge in [0.25, 0.3) is 0 Å². The molecule has 1 saturated heterocycles. The largest absolute Gasteiger partial charge is 0.507 e.